The summed E-state index contributed by atoms with van der Waals surface area (Å²) in [5.74, 6) is 0.569. The Kier molecular flexibility index (Phi) is 2.11. The molecule has 2 heterocycles. The highest BCUT2D eigenvalue weighted by atomic mass is 16.5. The molecule has 2 amide bonds. The molecule has 0 bridgehead atoms. The third-order valence-corrected chi connectivity index (χ3v) is 1.95. The Morgan fingerprint density at radius 3 is 3.23 bits per heavy atom. The molecule has 1 N–H and O–H groups in total. The molecule has 6 heteroatoms. The van der Waals surface area contributed by atoms with Gasteiger partial charge >= 0.3 is 6.03 Å². The molecule has 1 fully saturated rings. The summed E-state index contributed by atoms with van der Waals surface area (Å²) in [6.45, 7) is 2.11. The van der Waals surface area contributed by atoms with Crippen molar-refractivity contribution in [2.75, 3.05) is 19.6 Å². The zero-order chi connectivity index (χ0) is 9.10. The number of aromatic nitrogens is 2. The molecule has 0 radical (unpaired) electrons. The first kappa shape index (κ1) is 8.03. The van der Waals surface area contributed by atoms with E-state index in [4.69, 9.17) is 4.52 Å². The van der Waals surface area contributed by atoms with Gasteiger partial charge in [0.15, 0.2) is 6.33 Å². The molecule has 1 saturated heterocycles. The fraction of sp³-hybridized carbons (Fsp3) is 0.571. The van der Waals surface area contributed by atoms with Crippen LogP contribution >= 0.6 is 0 Å². The number of nitrogens with one attached hydrogen (secondary N) is 1. The van der Waals surface area contributed by atoms with Gasteiger partial charge in [-0.3, -0.25) is 0 Å². The minimum absolute atomic E-state index is 0.0143. The zero-order valence-corrected chi connectivity index (χ0v) is 7.06. The maximum absolute atomic E-state index is 11.1. The molecular weight excluding hydrogens is 172 g/mol. The molecule has 0 aromatic carbocycles. The van der Waals surface area contributed by atoms with Crippen LogP contribution in [0.5, 0.6) is 0 Å². The van der Waals surface area contributed by atoms with Crippen LogP contribution in [0, 0.1) is 0 Å². The summed E-state index contributed by atoms with van der Waals surface area (Å²) >= 11 is 0. The van der Waals surface area contributed by atoms with Crippen LogP contribution < -0.4 is 5.32 Å². The quantitative estimate of drug-likeness (QED) is 0.692. The van der Waals surface area contributed by atoms with E-state index in [1.54, 1.807) is 4.90 Å². The van der Waals surface area contributed by atoms with Gasteiger partial charge in [-0.25, -0.2) is 4.79 Å². The Labute approximate surface area is 74.9 Å². The number of carbonyl (C=O) groups excluding carboxylic acids is 1. The maximum Gasteiger partial charge on any atom is 0.317 e. The van der Waals surface area contributed by atoms with Crippen molar-refractivity contribution in [3.05, 3.63) is 12.2 Å². The predicted molar refractivity (Wildman–Crippen MR) is 43.0 cm³/mol. The van der Waals surface area contributed by atoms with Gasteiger partial charge < -0.3 is 14.7 Å². The van der Waals surface area contributed by atoms with Gasteiger partial charge in [-0.2, -0.15) is 4.98 Å². The van der Waals surface area contributed by atoms with Gasteiger partial charge in [-0.1, -0.05) is 5.16 Å². The van der Waals surface area contributed by atoms with Crippen molar-refractivity contribution in [1.29, 1.82) is 0 Å². The molecule has 13 heavy (non-hydrogen) atoms. The van der Waals surface area contributed by atoms with E-state index >= 15 is 0 Å². The fourth-order valence-corrected chi connectivity index (χ4v) is 1.26. The lowest BCUT2D eigenvalue weighted by molar-refractivity contribution is 0.216. The summed E-state index contributed by atoms with van der Waals surface area (Å²) in [4.78, 5) is 16.7. The van der Waals surface area contributed by atoms with E-state index in [2.05, 4.69) is 15.5 Å². The summed E-state index contributed by atoms with van der Waals surface area (Å²) in [5, 5.41) is 6.20. The Bertz CT molecular complexity index is 285. The Morgan fingerprint density at radius 2 is 2.62 bits per heavy atom. The minimum atomic E-state index is -0.0143. The van der Waals surface area contributed by atoms with Crippen LogP contribution in [0.2, 0.25) is 0 Å². The standard InChI is InChI=1S/C7H10N4O2/c12-7-8-2-4-11(7)3-1-6-9-5-10-13-6/h5H,1-4H2,(H,8,12). The van der Waals surface area contributed by atoms with E-state index in [0.717, 1.165) is 13.1 Å². The molecule has 0 aliphatic carbocycles. The number of hydrogen-bond acceptors (Lipinski definition) is 4. The maximum atomic E-state index is 11.1. The van der Waals surface area contributed by atoms with Crippen molar-refractivity contribution in [2.45, 2.75) is 6.42 Å². The van der Waals surface area contributed by atoms with Crippen LogP contribution in [0.25, 0.3) is 0 Å². The Balaban J connectivity index is 1.82. The van der Waals surface area contributed by atoms with E-state index in [9.17, 15) is 4.79 Å². The molecule has 1 aromatic rings. The predicted octanol–water partition coefficient (Wildman–Crippen LogP) is -0.363. The van der Waals surface area contributed by atoms with Crippen molar-refractivity contribution in [1.82, 2.24) is 20.4 Å². The van der Waals surface area contributed by atoms with Crippen LogP contribution in [0.15, 0.2) is 10.9 Å². The smallest absolute Gasteiger partial charge is 0.317 e. The van der Waals surface area contributed by atoms with Gasteiger partial charge in [0.1, 0.15) is 0 Å². The molecule has 0 atom stereocenters. The van der Waals surface area contributed by atoms with E-state index < -0.39 is 0 Å². The molecule has 6 nitrogen and oxygen atoms in total. The van der Waals surface area contributed by atoms with Crippen LogP contribution in [0.4, 0.5) is 4.79 Å². The van der Waals surface area contributed by atoms with Crippen LogP contribution in [-0.2, 0) is 6.42 Å². The molecular formula is C7H10N4O2. The topological polar surface area (TPSA) is 71.3 Å². The average Bonchev–Trinajstić information content (AvgIpc) is 2.72. The van der Waals surface area contributed by atoms with Gasteiger partial charge in [0.2, 0.25) is 5.89 Å². The van der Waals surface area contributed by atoms with Gasteiger partial charge in [0.25, 0.3) is 0 Å². The van der Waals surface area contributed by atoms with Gasteiger partial charge in [-0.05, 0) is 0 Å². The van der Waals surface area contributed by atoms with Crippen molar-refractivity contribution >= 4 is 6.03 Å². The first-order chi connectivity index (χ1) is 6.36. The highest BCUT2D eigenvalue weighted by Gasteiger charge is 2.19. The highest BCUT2D eigenvalue weighted by molar-refractivity contribution is 5.76. The summed E-state index contributed by atoms with van der Waals surface area (Å²) in [5.41, 5.74) is 0. The molecule has 0 saturated carbocycles. The van der Waals surface area contributed by atoms with Gasteiger partial charge in [0, 0.05) is 26.1 Å². The normalized spacial score (nSPS) is 16.3. The van der Waals surface area contributed by atoms with E-state index in [0.29, 0.717) is 18.9 Å². The second kappa shape index (κ2) is 3.42. The monoisotopic (exact) mass is 182 g/mol. The largest absolute Gasteiger partial charge is 0.340 e. The number of hydrogen-bond donors (Lipinski definition) is 1. The second-order valence-electron chi connectivity index (χ2n) is 2.80. The van der Waals surface area contributed by atoms with Gasteiger partial charge in [-0.15, -0.1) is 0 Å². The Morgan fingerprint density at radius 1 is 1.69 bits per heavy atom. The number of urea groups is 1. The second-order valence-corrected chi connectivity index (χ2v) is 2.80. The third-order valence-electron chi connectivity index (χ3n) is 1.95. The van der Waals surface area contributed by atoms with E-state index in [-0.39, 0.29) is 6.03 Å². The zero-order valence-electron chi connectivity index (χ0n) is 7.06. The number of carbonyl (C=O) groups is 1. The average molecular weight is 182 g/mol. The minimum Gasteiger partial charge on any atom is -0.340 e. The SMILES string of the molecule is O=C1NCCN1CCc1ncno1. The van der Waals surface area contributed by atoms with Crippen LogP contribution in [-0.4, -0.2) is 40.7 Å². The third kappa shape index (κ3) is 1.77. The molecule has 2 rings (SSSR count). The van der Waals surface area contributed by atoms with Crippen molar-refractivity contribution in [3.8, 4) is 0 Å². The first-order valence-corrected chi connectivity index (χ1v) is 4.14. The summed E-state index contributed by atoms with van der Waals surface area (Å²) < 4.78 is 4.81. The van der Waals surface area contributed by atoms with Crippen LogP contribution in [0.3, 0.4) is 0 Å². The summed E-state index contributed by atoms with van der Waals surface area (Å²) in [6.07, 6.45) is 1.98. The van der Waals surface area contributed by atoms with Crippen molar-refractivity contribution in [2.24, 2.45) is 0 Å². The fourth-order valence-electron chi connectivity index (χ4n) is 1.26. The number of amides is 2. The van der Waals surface area contributed by atoms with Crippen molar-refractivity contribution in [3.63, 3.8) is 0 Å². The van der Waals surface area contributed by atoms with E-state index in [1.165, 1.54) is 6.33 Å². The number of nitrogens with zero attached hydrogens (tertiary/aromatic N) is 3. The number of rotatable bonds is 3. The molecule has 1 aromatic heterocycles. The molecule has 0 unspecified atom stereocenters. The molecule has 1 aliphatic heterocycles. The summed E-state index contributed by atoms with van der Waals surface area (Å²) in [6, 6.07) is -0.0143. The lowest BCUT2D eigenvalue weighted by atomic mass is 10.4. The first-order valence-electron chi connectivity index (χ1n) is 4.14. The van der Waals surface area contributed by atoms with Crippen LogP contribution in [0.1, 0.15) is 5.89 Å². The van der Waals surface area contributed by atoms with Crippen molar-refractivity contribution < 1.29 is 9.32 Å². The van der Waals surface area contributed by atoms with E-state index in [1.807, 2.05) is 0 Å². The lowest BCUT2D eigenvalue weighted by Crippen LogP contribution is -2.30. The highest BCUT2D eigenvalue weighted by Crippen LogP contribution is 2.00. The van der Waals surface area contributed by atoms with Gasteiger partial charge in [0.05, 0.1) is 0 Å². The lowest BCUT2D eigenvalue weighted by Gasteiger charge is -2.11. The molecule has 70 valence electrons. The molecule has 0 spiro atoms. The molecule has 1 aliphatic rings. The summed E-state index contributed by atoms with van der Waals surface area (Å²) in [7, 11) is 0. The Hall–Kier alpha value is -1.59.